The average molecular weight is 352 g/mol. The van der Waals surface area contributed by atoms with Crippen LogP contribution in [0.15, 0.2) is 24.4 Å². The van der Waals surface area contributed by atoms with E-state index in [1.54, 1.807) is 0 Å². The van der Waals surface area contributed by atoms with Crippen LogP contribution in [0, 0.1) is 0 Å². The number of aromatic hydroxyl groups is 1. The Morgan fingerprint density at radius 3 is 2.55 bits per heavy atom. The lowest BCUT2D eigenvalue weighted by molar-refractivity contribution is -0.144. The first-order valence-electron chi connectivity index (χ1n) is 5.58. The molecule has 1 amide bonds. The molecule has 0 spiro atoms. The normalized spacial score (nSPS) is 11.3. The minimum Gasteiger partial charge on any atom is -0.507 e. The molecule has 0 saturated carbocycles. The second kappa shape index (κ2) is 5.98. The van der Waals surface area contributed by atoms with Crippen molar-refractivity contribution < 1.29 is 23.1 Å². The SMILES string of the molecule is O=C(Nc1cnc(C(F)(F)F)nc1Cl)c1cc(Cl)ccc1O. The fourth-order valence-electron chi connectivity index (χ4n) is 1.46. The van der Waals surface area contributed by atoms with Gasteiger partial charge in [0.25, 0.3) is 5.91 Å². The van der Waals surface area contributed by atoms with E-state index >= 15 is 0 Å². The number of anilines is 1. The van der Waals surface area contributed by atoms with Crippen molar-refractivity contribution in [2.24, 2.45) is 0 Å². The number of hydrogen-bond acceptors (Lipinski definition) is 4. The van der Waals surface area contributed by atoms with Gasteiger partial charge in [0.1, 0.15) is 5.75 Å². The lowest BCUT2D eigenvalue weighted by atomic mass is 10.2. The minimum atomic E-state index is -4.75. The maximum absolute atomic E-state index is 12.4. The highest BCUT2D eigenvalue weighted by atomic mass is 35.5. The summed E-state index contributed by atoms with van der Waals surface area (Å²) in [5.41, 5.74) is -0.414. The zero-order valence-electron chi connectivity index (χ0n) is 10.4. The summed E-state index contributed by atoms with van der Waals surface area (Å²) in [5.74, 6) is -2.61. The Labute approximate surface area is 131 Å². The number of nitrogens with zero attached hydrogens (tertiary/aromatic N) is 2. The van der Waals surface area contributed by atoms with E-state index in [-0.39, 0.29) is 22.0 Å². The van der Waals surface area contributed by atoms with E-state index in [2.05, 4.69) is 15.3 Å². The summed E-state index contributed by atoms with van der Waals surface area (Å²) in [6.07, 6.45) is -4.03. The zero-order chi connectivity index (χ0) is 16.5. The second-order valence-corrected chi connectivity index (χ2v) is 4.81. The molecule has 1 aromatic carbocycles. The molecule has 22 heavy (non-hydrogen) atoms. The molecule has 0 fully saturated rings. The molecule has 2 N–H and O–H groups in total. The predicted molar refractivity (Wildman–Crippen MR) is 73.1 cm³/mol. The fourth-order valence-corrected chi connectivity index (χ4v) is 1.81. The molecule has 0 aliphatic carbocycles. The first kappa shape index (κ1) is 16.3. The summed E-state index contributed by atoms with van der Waals surface area (Å²) in [7, 11) is 0. The van der Waals surface area contributed by atoms with E-state index in [4.69, 9.17) is 23.2 Å². The molecule has 2 rings (SSSR count). The molecular weight excluding hydrogens is 346 g/mol. The van der Waals surface area contributed by atoms with Gasteiger partial charge in [0.2, 0.25) is 5.82 Å². The number of benzene rings is 1. The Kier molecular flexibility index (Phi) is 4.43. The molecule has 1 aromatic heterocycles. The lowest BCUT2D eigenvalue weighted by Gasteiger charge is -2.10. The third-order valence-corrected chi connectivity index (χ3v) is 2.97. The van der Waals surface area contributed by atoms with Gasteiger partial charge >= 0.3 is 6.18 Å². The summed E-state index contributed by atoms with van der Waals surface area (Å²) in [5, 5.41) is 11.4. The fraction of sp³-hybridized carbons (Fsp3) is 0.0833. The van der Waals surface area contributed by atoms with Crippen molar-refractivity contribution in [1.29, 1.82) is 0 Å². The number of amides is 1. The van der Waals surface area contributed by atoms with Crippen molar-refractivity contribution in [1.82, 2.24) is 9.97 Å². The number of phenols is 1. The smallest absolute Gasteiger partial charge is 0.451 e. The highest BCUT2D eigenvalue weighted by Crippen LogP contribution is 2.29. The number of hydrogen-bond donors (Lipinski definition) is 2. The van der Waals surface area contributed by atoms with E-state index < -0.39 is 23.1 Å². The lowest BCUT2D eigenvalue weighted by Crippen LogP contribution is -2.16. The summed E-state index contributed by atoms with van der Waals surface area (Å²) in [4.78, 5) is 18.1. The number of phenolic OH excluding ortho intramolecular Hbond substituents is 1. The van der Waals surface area contributed by atoms with E-state index in [1.165, 1.54) is 18.2 Å². The van der Waals surface area contributed by atoms with Crippen molar-refractivity contribution in [3.63, 3.8) is 0 Å². The average Bonchev–Trinajstić information content (AvgIpc) is 2.42. The summed E-state index contributed by atoms with van der Waals surface area (Å²) in [6.45, 7) is 0. The van der Waals surface area contributed by atoms with Crippen molar-refractivity contribution in [3.05, 3.63) is 46.0 Å². The summed E-state index contributed by atoms with van der Waals surface area (Å²) >= 11 is 11.3. The van der Waals surface area contributed by atoms with Crippen LogP contribution in [0.1, 0.15) is 16.2 Å². The number of halogens is 5. The first-order valence-corrected chi connectivity index (χ1v) is 6.33. The van der Waals surface area contributed by atoms with Crippen LogP contribution in [-0.4, -0.2) is 21.0 Å². The molecule has 0 bridgehead atoms. The third kappa shape index (κ3) is 3.58. The van der Waals surface area contributed by atoms with Crippen LogP contribution in [0.3, 0.4) is 0 Å². The zero-order valence-corrected chi connectivity index (χ0v) is 12.0. The molecule has 2 aromatic rings. The maximum Gasteiger partial charge on any atom is 0.451 e. The van der Waals surface area contributed by atoms with Crippen molar-refractivity contribution in [2.45, 2.75) is 6.18 Å². The largest absolute Gasteiger partial charge is 0.507 e. The number of rotatable bonds is 2. The monoisotopic (exact) mass is 351 g/mol. The van der Waals surface area contributed by atoms with Gasteiger partial charge in [-0.05, 0) is 18.2 Å². The van der Waals surface area contributed by atoms with Gasteiger partial charge < -0.3 is 10.4 Å². The standard InChI is InChI=1S/C12H6Cl2F3N3O2/c13-5-1-2-8(21)6(3-5)10(22)19-7-4-18-11(12(15,16)17)20-9(7)14/h1-4,21H,(H,19,22). The van der Waals surface area contributed by atoms with Gasteiger partial charge in [0, 0.05) is 5.02 Å². The van der Waals surface area contributed by atoms with Crippen LogP contribution in [0.2, 0.25) is 10.2 Å². The highest BCUT2D eigenvalue weighted by molar-refractivity contribution is 6.33. The molecule has 0 aliphatic heterocycles. The summed E-state index contributed by atoms with van der Waals surface area (Å²) in [6, 6.07) is 3.75. The molecule has 0 atom stereocenters. The van der Waals surface area contributed by atoms with E-state index in [9.17, 15) is 23.1 Å². The van der Waals surface area contributed by atoms with E-state index in [0.717, 1.165) is 6.20 Å². The number of alkyl halides is 3. The number of aromatic nitrogens is 2. The Morgan fingerprint density at radius 1 is 1.27 bits per heavy atom. The number of carbonyl (C=O) groups is 1. The van der Waals surface area contributed by atoms with Crippen LogP contribution in [0.4, 0.5) is 18.9 Å². The van der Waals surface area contributed by atoms with Crippen molar-refractivity contribution in [3.8, 4) is 5.75 Å². The Morgan fingerprint density at radius 2 is 1.95 bits per heavy atom. The highest BCUT2D eigenvalue weighted by Gasteiger charge is 2.35. The van der Waals surface area contributed by atoms with Gasteiger partial charge in [0.15, 0.2) is 5.15 Å². The van der Waals surface area contributed by atoms with Crippen molar-refractivity contribution in [2.75, 3.05) is 5.32 Å². The predicted octanol–water partition coefficient (Wildman–Crippen LogP) is 3.76. The van der Waals surface area contributed by atoms with Gasteiger partial charge in [-0.2, -0.15) is 13.2 Å². The van der Waals surface area contributed by atoms with Gasteiger partial charge in [-0.3, -0.25) is 4.79 Å². The number of nitrogens with one attached hydrogen (secondary N) is 1. The molecule has 0 radical (unpaired) electrons. The number of carbonyl (C=O) groups excluding carboxylic acids is 1. The van der Waals surface area contributed by atoms with E-state index in [1.807, 2.05) is 0 Å². The molecule has 1 heterocycles. The molecule has 5 nitrogen and oxygen atoms in total. The van der Waals surface area contributed by atoms with Gasteiger partial charge in [-0.25, -0.2) is 9.97 Å². The Balaban J connectivity index is 2.27. The van der Waals surface area contributed by atoms with Crippen molar-refractivity contribution >= 4 is 34.8 Å². The van der Waals surface area contributed by atoms with Gasteiger partial charge in [0.05, 0.1) is 17.4 Å². The Hall–Kier alpha value is -2.06. The minimum absolute atomic E-state index is 0.177. The molecule has 10 heteroatoms. The van der Waals surface area contributed by atoms with E-state index in [0.29, 0.717) is 0 Å². The Bertz CT molecular complexity index is 738. The maximum atomic E-state index is 12.4. The molecule has 0 saturated heterocycles. The first-order chi connectivity index (χ1) is 10.2. The second-order valence-electron chi connectivity index (χ2n) is 4.01. The quantitative estimate of drug-likeness (QED) is 0.807. The van der Waals surface area contributed by atoms with Crippen LogP contribution >= 0.6 is 23.2 Å². The molecule has 116 valence electrons. The molecular formula is C12H6Cl2F3N3O2. The topological polar surface area (TPSA) is 75.1 Å². The van der Waals surface area contributed by atoms with Crippen LogP contribution in [-0.2, 0) is 6.18 Å². The van der Waals surface area contributed by atoms with Gasteiger partial charge in [-0.1, -0.05) is 23.2 Å². The van der Waals surface area contributed by atoms with Gasteiger partial charge in [-0.15, -0.1) is 0 Å². The molecule has 0 unspecified atom stereocenters. The third-order valence-electron chi connectivity index (χ3n) is 2.45. The van der Waals surface area contributed by atoms with Crippen LogP contribution in [0.25, 0.3) is 0 Å². The molecule has 0 aliphatic rings. The summed E-state index contributed by atoms with van der Waals surface area (Å²) < 4.78 is 37.2. The van der Waals surface area contributed by atoms with Crippen LogP contribution in [0.5, 0.6) is 5.75 Å². The van der Waals surface area contributed by atoms with Crippen LogP contribution < -0.4 is 5.32 Å².